The van der Waals surface area contributed by atoms with Gasteiger partial charge < -0.3 is 25.3 Å². The molecule has 0 radical (unpaired) electrons. The minimum Gasteiger partial charge on any atom is -0.508 e. The molecule has 0 aliphatic heterocycles. The molecule has 0 spiro atoms. The summed E-state index contributed by atoms with van der Waals surface area (Å²) >= 11 is 6.21. The number of ether oxygens (including phenoxy) is 1. The third kappa shape index (κ3) is 4.49. The first-order valence-electron chi connectivity index (χ1n) is 11.1. The molecule has 4 N–H and O–H groups in total. The van der Waals surface area contributed by atoms with Gasteiger partial charge in [0.25, 0.3) is 0 Å². The van der Waals surface area contributed by atoms with Crippen molar-refractivity contribution in [2.45, 2.75) is 44.8 Å². The molecule has 170 valence electrons. The van der Waals surface area contributed by atoms with Crippen molar-refractivity contribution in [2.75, 3.05) is 13.2 Å². The van der Waals surface area contributed by atoms with Crippen molar-refractivity contribution < 1.29 is 19.7 Å². The third-order valence-corrected chi connectivity index (χ3v) is 6.66. The van der Waals surface area contributed by atoms with Crippen LogP contribution in [-0.4, -0.2) is 34.3 Å². The van der Waals surface area contributed by atoms with Gasteiger partial charge in [0.2, 0.25) is 0 Å². The summed E-state index contributed by atoms with van der Waals surface area (Å²) < 4.78 is 5.23. The van der Waals surface area contributed by atoms with Crippen molar-refractivity contribution in [2.24, 2.45) is 5.92 Å². The zero-order valence-electron chi connectivity index (χ0n) is 18.2. The summed E-state index contributed by atoms with van der Waals surface area (Å²) in [6, 6.07) is 12.4. The number of carbonyl (C=O) groups excluding carboxylic acids is 1. The molecule has 3 aromatic rings. The van der Waals surface area contributed by atoms with E-state index >= 15 is 0 Å². The lowest BCUT2D eigenvalue weighted by Crippen LogP contribution is -2.43. The van der Waals surface area contributed by atoms with Gasteiger partial charge in [-0.3, -0.25) is 0 Å². The topological polar surface area (TPSA) is 94.6 Å². The van der Waals surface area contributed by atoms with Crippen molar-refractivity contribution in [3.8, 4) is 5.75 Å². The molecule has 0 bridgehead atoms. The van der Waals surface area contributed by atoms with E-state index in [4.69, 9.17) is 16.3 Å². The Bertz CT molecular complexity index is 1110. The number of phenolic OH excluding ortho intramolecular Hbond substituents is 1. The van der Waals surface area contributed by atoms with Crippen molar-refractivity contribution in [3.05, 3.63) is 64.3 Å². The molecule has 6 nitrogen and oxygen atoms in total. The number of rotatable bonds is 7. The Morgan fingerprint density at radius 1 is 1.28 bits per heavy atom. The quantitative estimate of drug-likeness (QED) is 0.380. The zero-order valence-corrected chi connectivity index (χ0v) is 18.9. The van der Waals surface area contributed by atoms with Gasteiger partial charge >= 0.3 is 5.97 Å². The van der Waals surface area contributed by atoms with Gasteiger partial charge in [0, 0.05) is 40.5 Å². The Morgan fingerprint density at radius 2 is 2.12 bits per heavy atom. The Balaban J connectivity index is 1.56. The molecule has 1 heterocycles. The van der Waals surface area contributed by atoms with Gasteiger partial charge in [-0.15, -0.1) is 0 Å². The average molecular weight is 457 g/mol. The lowest BCUT2D eigenvalue weighted by atomic mass is 9.71. The number of fused-ring (bicyclic) bond motifs is 1. The maximum atomic E-state index is 12.5. The van der Waals surface area contributed by atoms with E-state index in [0.717, 1.165) is 41.3 Å². The van der Waals surface area contributed by atoms with Gasteiger partial charge in [-0.25, -0.2) is 4.79 Å². The number of halogens is 1. The fraction of sp³-hybridized carbons (Fsp3) is 0.400. The highest BCUT2D eigenvalue weighted by molar-refractivity contribution is 6.31. The second-order valence-electron chi connectivity index (χ2n) is 8.44. The van der Waals surface area contributed by atoms with Crippen LogP contribution in [0.5, 0.6) is 5.75 Å². The summed E-state index contributed by atoms with van der Waals surface area (Å²) in [7, 11) is 0. The molecule has 32 heavy (non-hydrogen) atoms. The molecule has 2 atom stereocenters. The molecular weight excluding hydrogens is 428 g/mol. The van der Waals surface area contributed by atoms with E-state index in [1.807, 2.05) is 18.2 Å². The standard InChI is InChI=1S/C25H29ClN2O4/c1-2-32-24(30)23-21(20-13-18(26)9-10-22(20)28-23)15-27-14-17-6-3-4-11-25(17,31)16-7-5-8-19(29)12-16/h5,7-10,12-13,17,27-29,31H,2-4,6,11,14-15H2,1H3. The van der Waals surface area contributed by atoms with E-state index in [1.165, 1.54) is 0 Å². The van der Waals surface area contributed by atoms with Crippen LogP contribution in [0.4, 0.5) is 0 Å². The highest BCUT2D eigenvalue weighted by Crippen LogP contribution is 2.42. The number of hydrogen-bond acceptors (Lipinski definition) is 5. The summed E-state index contributed by atoms with van der Waals surface area (Å²) in [5, 5.41) is 26.4. The van der Waals surface area contributed by atoms with Gasteiger partial charge in [0.05, 0.1) is 12.2 Å². The van der Waals surface area contributed by atoms with Crippen LogP contribution < -0.4 is 5.32 Å². The van der Waals surface area contributed by atoms with Crippen LogP contribution in [0, 0.1) is 5.92 Å². The molecular formula is C25H29ClN2O4. The minimum absolute atomic E-state index is 0.0158. The van der Waals surface area contributed by atoms with Crippen LogP contribution in [-0.2, 0) is 16.9 Å². The normalized spacial score (nSPS) is 21.0. The van der Waals surface area contributed by atoms with Crippen LogP contribution in [0.2, 0.25) is 5.02 Å². The molecule has 1 fully saturated rings. The third-order valence-electron chi connectivity index (χ3n) is 6.42. The van der Waals surface area contributed by atoms with Crippen molar-refractivity contribution >= 4 is 28.5 Å². The number of carbonyl (C=O) groups is 1. The van der Waals surface area contributed by atoms with Gasteiger partial charge in [-0.05, 0) is 55.7 Å². The van der Waals surface area contributed by atoms with Crippen LogP contribution in [0.25, 0.3) is 10.9 Å². The molecule has 1 aliphatic carbocycles. The summed E-state index contributed by atoms with van der Waals surface area (Å²) in [4.78, 5) is 15.7. The van der Waals surface area contributed by atoms with Crippen LogP contribution >= 0.6 is 11.6 Å². The monoisotopic (exact) mass is 456 g/mol. The molecule has 2 aromatic carbocycles. The van der Waals surface area contributed by atoms with Crippen molar-refractivity contribution in [3.63, 3.8) is 0 Å². The molecule has 2 unspecified atom stereocenters. The number of aromatic amines is 1. The van der Waals surface area contributed by atoms with Crippen LogP contribution in [0.3, 0.4) is 0 Å². The van der Waals surface area contributed by atoms with Crippen LogP contribution in [0.15, 0.2) is 42.5 Å². The predicted octanol–water partition coefficient (Wildman–Crippen LogP) is 4.87. The molecule has 1 aliphatic rings. The fourth-order valence-corrected chi connectivity index (χ4v) is 4.98. The van der Waals surface area contributed by atoms with Gasteiger partial charge in [0.15, 0.2) is 0 Å². The highest BCUT2D eigenvalue weighted by Gasteiger charge is 2.40. The number of hydrogen-bond donors (Lipinski definition) is 4. The Kier molecular flexibility index (Phi) is 6.74. The second-order valence-corrected chi connectivity index (χ2v) is 8.87. The number of esters is 1. The van der Waals surface area contributed by atoms with E-state index in [0.29, 0.717) is 36.8 Å². The van der Waals surface area contributed by atoms with Crippen molar-refractivity contribution in [1.29, 1.82) is 0 Å². The SMILES string of the molecule is CCOC(=O)c1[nH]c2ccc(Cl)cc2c1CNCC1CCCCC1(O)c1cccc(O)c1. The molecule has 0 saturated heterocycles. The summed E-state index contributed by atoms with van der Waals surface area (Å²) in [6.45, 7) is 3.07. The van der Waals surface area contributed by atoms with E-state index in [2.05, 4.69) is 10.3 Å². The maximum absolute atomic E-state index is 12.5. The number of nitrogens with one attached hydrogen (secondary N) is 2. The van der Waals surface area contributed by atoms with Gasteiger partial charge in [-0.2, -0.15) is 0 Å². The Hall–Kier alpha value is -2.54. The molecule has 1 aromatic heterocycles. The fourth-order valence-electron chi connectivity index (χ4n) is 4.81. The van der Waals surface area contributed by atoms with E-state index in [9.17, 15) is 15.0 Å². The lowest BCUT2D eigenvalue weighted by molar-refractivity contribution is -0.0538. The number of benzene rings is 2. The van der Waals surface area contributed by atoms with E-state index in [1.54, 1.807) is 31.2 Å². The predicted molar refractivity (Wildman–Crippen MR) is 125 cm³/mol. The largest absolute Gasteiger partial charge is 0.508 e. The summed E-state index contributed by atoms with van der Waals surface area (Å²) in [5.74, 6) is -0.258. The first-order valence-corrected chi connectivity index (χ1v) is 11.5. The number of aliphatic hydroxyl groups is 1. The van der Waals surface area contributed by atoms with Gasteiger partial charge in [0.1, 0.15) is 11.4 Å². The Labute approximate surface area is 192 Å². The number of aromatic hydroxyl groups is 1. The summed E-state index contributed by atoms with van der Waals surface area (Å²) in [6.07, 6.45) is 3.52. The first kappa shape index (κ1) is 22.6. The number of aromatic nitrogens is 1. The number of phenols is 1. The zero-order chi connectivity index (χ0) is 22.7. The van der Waals surface area contributed by atoms with Crippen LogP contribution in [0.1, 0.15) is 54.2 Å². The van der Waals surface area contributed by atoms with E-state index < -0.39 is 11.6 Å². The molecule has 7 heteroatoms. The minimum atomic E-state index is -1.00. The van der Waals surface area contributed by atoms with Gasteiger partial charge in [-0.1, -0.05) is 36.6 Å². The summed E-state index contributed by atoms with van der Waals surface area (Å²) in [5.41, 5.74) is 1.79. The second kappa shape index (κ2) is 9.53. The Morgan fingerprint density at radius 3 is 2.91 bits per heavy atom. The smallest absolute Gasteiger partial charge is 0.355 e. The molecule has 4 rings (SSSR count). The molecule has 0 amide bonds. The first-order chi connectivity index (χ1) is 15.4. The average Bonchev–Trinajstić information content (AvgIpc) is 3.13. The highest BCUT2D eigenvalue weighted by atomic mass is 35.5. The van der Waals surface area contributed by atoms with E-state index in [-0.39, 0.29) is 11.7 Å². The number of H-pyrrole nitrogens is 1. The molecule has 1 saturated carbocycles. The lowest BCUT2D eigenvalue weighted by Gasteiger charge is -2.40. The van der Waals surface area contributed by atoms with Crippen molar-refractivity contribution in [1.82, 2.24) is 10.3 Å². The maximum Gasteiger partial charge on any atom is 0.355 e.